The van der Waals surface area contributed by atoms with Crippen LogP contribution in [0.1, 0.15) is 22.3 Å². The second kappa shape index (κ2) is 8.59. The summed E-state index contributed by atoms with van der Waals surface area (Å²) in [6, 6.07) is 12.8. The number of hydrogen-bond acceptors (Lipinski definition) is 7. The van der Waals surface area contributed by atoms with Gasteiger partial charge in [0.1, 0.15) is 6.33 Å². The van der Waals surface area contributed by atoms with Gasteiger partial charge < -0.3 is 5.32 Å². The first-order chi connectivity index (χ1) is 13.9. The fourth-order valence-electron chi connectivity index (χ4n) is 2.47. The molecule has 0 aliphatic carbocycles. The molecule has 0 unspecified atom stereocenters. The Balaban J connectivity index is 1.75. The number of nitrogens with zero attached hydrogens (tertiary/aromatic N) is 5. The van der Waals surface area contributed by atoms with Crippen molar-refractivity contribution in [3.8, 4) is 11.8 Å². The standard InChI is InChI=1S/C18H17N7O3S/c1-13-3-6-15(25-12-20-23-24-25)11-17(13)22-18(26)14-4-7-16(8-5-14)29(27,28)21-10-2-9-19/h3-8,11-12,21H,2,10H2,1H3,(H,22,26). The van der Waals surface area contributed by atoms with Crippen molar-refractivity contribution >= 4 is 21.6 Å². The maximum Gasteiger partial charge on any atom is 0.255 e. The predicted molar refractivity (Wildman–Crippen MR) is 104 cm³/mol. The number of carbonyl (C=O) groups excluding carboxylic acids is 1. The van der Waals surface area contributed by atoms with Crippen molar-refractivity contribution in [2.75, 3.05) is 11.9 Å². The van der Waals surface area contributed by atoms with Crippen molar-refractivity contribution in [1.82, 2.24) is 24.9 Å². The minimum Gasteiger partial charge on any atom is -0.322 e. The molecule has 0 fully saturated rings. The number of sulfonamides is 1. The highest BCUT2D eigenvalue weighted by molar-refractivity contribution is 7.89. The molecule has 1 aromatic heterocycles. The second-order valence-corrected chi connectivity index (χ2v) is 7.80. The average molecular weight is 411 g/mol. The van der Waals surface area contributed by atoms with Crippen LogP contribution in [0.5, 0.6) is 0 Å². The molecule has 3 aromatic rings. The Labute approximate surface area is 167 Å². The molecule has 0 radical (unpaired) electrons. The summed E-state index contributed by atoms with van der Waals surface area (Å²) < 4.78 is 28.1. The molecule has 0 aliphatic rings. The maximum atomic E-state index is 12.6. The zero-order valence-corrected chi connectivity index (χ0v) is 16.2. The number of aryl methyl sites for hydroxylation is 1. The van der Waals surface area contributed by atoms with Gasteiger partial charge in [-0.2, -0.15) is 5.26 Å². The quantitative estimate of drug-likeness (QED) is 0.560. The highest BCUT2D eigenvalue weighted by Gasteiger charge is 2.15. The van der Waals surface area contributed by atoms with Gasteiger partial charge >= 0.3 is 0 Å². The van der Waals surface area contributed by atoms with E-state index in [9.17, 15) is 13.2 Å². The van der Waals surface area contributed by atoms with Gasteiger partial charge in [0.15, 0.2) is 0 Å². The molecule has 0 aliphatic heterocycles. The number of carbonyl (C=O) groups is 1. The summed E-state index contributed by atoms with van der Waals surface area (Å²) >= 11 is 0. The molecule has 1 amide bonds. The molecule has 148 valence electrons. The van der Waals surface area contributed by atoms with Gasteiger partial charge in [-0.1, -0.05) is 6.07 Å². The fraction of sp³-hybridized carbons (Fsp3) is 0.167. The summed E-state index contributed by atoms with van der Waals surface area (Å²) in [4.78, 5) is 12.6. The summed E-state index contributed by atoms with van der Waals surface area (Å²) in [7, 11) is -3.73. The second-order valence-electron chi connectivity index (χ2n) is 6.04. The van der Waals surface area contributed by atoms with Gasteiger partial charge in [0.25, 0.3) is 5.91 Å². The van der Waals surface area contributed by atoms with Crippen molar-refractivity contribution in [3.63, 3.8) is 0 Å². The lowest BCUT2D eigenvalue weighted by molar-refractivity contribution is 0.102. The highest BCUT2D eigenvalue weighted by Crippen LogP contribution is 2.20. The van der Waals surface area contributed by atoms with Crippen LogP contribution in [0.3, 0.4) is 0 Å². The largest absolute Gasteiger partial charge is 0.322 e. The number of tetrazole rings is 1. The third-order valence-electron chi connectivity index (χ3n) is 4.04. The number of anilines is 1. The third-order valence-corrected chi connectivity index (χ3v) is 5.52. The van der Waals surface area contributed by atoms with Gasteiger partial charge in [0.05, 0.1) is 16.7 Å². The van der Waals surface area contributed by atoms with E-state index in [1.54, 1.807) is 6.07 Å². The molecule has 2 aromatic carbocycles. The molecular weight excluding hydrogens is 394 g/mol. The van der Waals surface area contributed by atoms with Gasteiger partial charge in [-0.05, 0) is 59.3 Å². The first kappa shape index (κ1) is 20.1. The zero-order valence-electron chi connectivity index (χ0n) is 15.4. The van der Waals surface area contributed by atoms with Crippen LogP contribution in [0, 0.1) is 18.3 Å². The van der Waals surface area contributed by atoms with Gasteiger partial charge in [0, 0.05) is 24.2 Å². The van der Waals surface area contributed by atoms with Gasteiger partial charge in [-0.15, -0.1) is 5.10 Å². The summed E-state index contributed by atoms with van der Waals surface area (Å²) in [5.41, 5.74) is 2.41. The number of nitrogens with one attached hydrogen (secondary N) is 2. The number of benzene rings is 2. The third kappa shape index (κ3) is 4.81. The van der Waals surface area contributed by atoms with Crippen LogP contribution in [-0.2, 0) is 10.0 Å². The van der Waals surface area contributed by atoms with Gasteiger partial charge in [-0.25, -0.2) is 17.8 Å². The Morgan fingerprint density at radius 2 is 1.97 bits per heavy atom. The molecule has 0 saturated carbocycles. The van der Waals surface area contributed by atoms with E-state index in [1.807, 2.05) is 25.1 Å². The van der Waals surface area contributed by atoms with Crippen LogP contribution in [0.2, 0.25) is 0 Å². The summed E-state index contributed by atoms with van der Waals surface area (Å²) in [6.07, 6.45) is 1.52. The van der Waals surface area contributed by atoms with E-state index in [2.05, 4.69) is 25.6 Å². The molecule has 0 atom stereocenters. The molecular formula is C18H17N7O3S. The minimum atomic E-state index is -3.73. The predicted octanol–water partition coefficient (Wildman–Crippen LogP) is 1.41. The Bertz CT molecular complexity index is 1150. The molecule has 2 N–H and O–H groups in total. The zero-order chi connectivity index (χ0) is 20.9. The monoisotopic (exact) mass is 411 g/mol. The molecule has 1 heterocycles. The number of amides is 1. The molecule has 0 bridgehead atoms. The first-order valence-corrected chi connectivity index (χ1v) is 10.0. The number of hydrogen-bond donors (Lipinski definition) is 2. The normalized spacial score (nSPS) is 11.0. The van der Waals surface area contributed by atoms with E-state index in [1.165, 1.54) is 35.3 Å². The van der Waals surface area contributed by atoms with E-state index in [-0.39, 0.29) is 23.8 Å². The van der Waals surface area contributed by atoms with E-state index >= 15 is 0 Å². The van der Waals surface area contributed by atoms with Crippen LogP contribution < -0.4 is 10.0 Å². The molecule has 10 nitrogen and oxygen atoms in total. The van der Waals surface area contributed by atoms with Crippen LogP contribution in [0.4, 0.5) is 5.69 Å². The average Bonchev–Trinajstić information content (AvgIpc) is 3.25. The number of nitriles is 1. The minimum absolute atomic E-state index is 0.0175. The van der Waals surface area contributed by atoms with Crippen molar-refractivity contribution in [1.29, 1.82) is 5.26 Å². The summed E-state index contributed by atoms with van der Waals surface area (Å²) in [6.45, 7) is 1.87. The Morgan fingerprint density at radius 1 is 1.21 bits per heavy atom. The van der Waals surface area contributed by atoms with Crippen LogP contribution in [-0.4, -0.2) is 41.1 Å². The topological polar surface area (TPSA) is 143 Å². The molecule has 11 heteroatoms. The fourth-order valence-corrected chi connectivity index (χ4v) is 3.50. The lowest BCUT2D eigenvalue weighted by Gasteiger charge is -2.11. The maximum absolute atomic E-state index is 12.6. The van der Waals surface area contributed by atoms with Crippen molar-refractivity contribution in [3.05, 3.63) is 59.9 Å². The van der Waals surface area contributed by atoms with Crippen LogP contribution >= 0.6 is 0 Å². The molecule has 0 spiro atoms. The van der Waals surface area contributed by atoms with E-state index in [0.29, 0.717) is 16.9 Å². The van der Waals surface area contributed by atoms with Gasteiger partial charge in [0.2, 0.25) is 10.0 Å². The van der Waals surface area contributed by atoms with Crippen molar-refractivity contribution in [2.45, 2.75) is 18.2 Å². The molecule has 3 rings (SSSR count). The van der Waals surface area contributed by atoms with Crippen molar-refractivity contribution in [2.24, 2.45) is 0 Å². The number of rotatable bonds is 7. The highest BCUT2D eigenvalue weighted by atomic mass is 32.2. The summed E-state index contributed by atoms with van der Waals surface area (Å²) in [5.74, 6) is -0.386. The van der Waals surface area contributed by atoms with Crippen molar-refractivity contribution < 1.29 is 13.2 Å². The van der Waals surface area contributed by atoms with E-state index in [4.69, 9.17) is 5.26 Å². The Morgan fingerprint density at radius 3 is 2.62 bits per heavy atom. The SMILES string of the molecule is Cc1ccc(-n2cnnn2)cc1NC(=O)c1ccc(S(=O)(=O)NCCC#N)cc1. The van der Waals surface area contributed by atoms with E-state index < -0.39 is 10.0 Å². The lowest BCUT2D eigenvalue weighted by atomic mass is 10.1. The Kier molecular flexibility index (Phi) is 5.96. The molecule has 0 saturated heterocycles. The van der Waals surface area contributed by atoms with E-state index in [0.717, 1.165) is 5.56 Å². The Hall–Kier alpha value is -3.62. The van der Waals surface area contributed by atoms with Crippen LogP contribution in [0.15, 0.2) is 53.7 Å². The molecule has 29 heavy (non-hydrogen) atoms. The first-order valence-electron chi connectivity index (χ1n) is 8.53. The number of aromatic nitrogens is 4. The summed E-state index contributed by atoms with van der Waals surface area (Å²) in [5, 5.41) is 22.3. The smallest absolute Gasteiger partial charge is 0.255 e. The van der Waals surface area contributed by atoms with Gasteiger partial charge in [-0.3, -0.25) is 4.79 Å². The van der Waals surface area contributed by atoms with Crippen LogP contribution in [0.25, 0.3) is 5.69 Å². The lowest BCUT2D eigenvalue weighted by Crippen LogP contribution is -2.24.